The summed E-state index contributed by atoms with van der Waals surface area (Å²) in [5, 5.41) is 6.55. The first-order valence-corrected chi connectivity index (χ1v) is 9.23. The SMILES string of the molecule is Cc1c(NC(=S)NCc2ccc3c(c2)OCO3)c(=O)n(-c2ccccc2)n1C. The Hall–Kier alpha value is -3.26. The Balaban J connectivity index is 1.48. The largest absolute Gasteiger partial charge is 0.454 e. The van der Waals surface area contributed by atoms with Gasteiger partial charge in [0.25, 0.3) is 5.56 Å². The van der Waals surface area contributed by atoms with Crippen LogP contribution in [0, 0.1) is 6.92 Å². The van der Waals surface area contributed by atoms with Crippen LogP contribution in [0.2, 0.25) is 0 Å². The van der Waals surface area contributed by atoms with E-state index in [4.69, 9.17) is 21.7 Å². The highest BCUT2D eigenvalue weighted by Crippen LogP contribution is 2.32. The highest BCUT2D eigenvalue weighted by molar-refractivity contribution is 7.80. The number of hydrogen-bond acceptors (Lipinski definition) is 4. The van der Waals surface area contributed by atoms with E-state index < -0.39 is 0 Å². The Bertz CT molecular complexity index is 1090. The second kappa shape index (κ2) is 7.40. The van der Waals surface area contributed by atoms with Gasteiger partial charge in [0.15, 0.2) is 16.6 Å². The summed E-state index contributed by atoms with van der Waals surface area (Å²) in [4.78, 5) is 12.9. The molecule has 0 bridgehead atoms. The molecule has 1 aliphatic rings. The maximum Gasteiger partial charge on any atom is 0.295 e. The van der Waals surface area contributed by atoms with E-state index in [1.807, 2.05) is 62.5 Å². The van der Waals surface area contributed by atoms with Gasteiger partial charge in [-0.15, -0.1) is 0 Å². The summed E-state index contributed by atoms with van der Waals surface area (Å²) in [6.45, 7) is 2.62. The number of fused-ring (bicyclic) bond motifs is 1. The number of benzene rings is 2. The van der Waals surface area contributed by atoms with Crippen LogP contribution in [0.25, 0.3) is 5.69 Å². The van der Waals surface area contributed by atoms with Crippen molar-refractivity contribution in [1.29, 1.82) is 0 Å². The third-order valence-corrected chi connectivity index (χ3v) is 4.93. The topological polar surface area (TPSA) is 69.4 Å². The highest BCUT2D eigenvalue weighted by atomic mass is 32.1. The van der Waals surface area contributed by atoms with E-state index in [0.717, 1.165) is 28.4 Å². The number of aromatic nitrogens is 2. The molecule has 0 saturated heterocycles. The second-order valence-corrected chi connectivity index (χ2v) is 6.84. The van der Waals surface area contributed by atoms with E-state index in [9.17, 15) is 4.79 Å². The van der Waals surface area contributed by atoms with E-state index in [2.05, 4.69) is 10.6 Å². The average Bonchev–Trinajstić information content (AvgIpc) is 3.25. The van der Waals surface area contributed by atoms with E-state index in [1.165, 1.54) is 0 Å². The minimum atomic E-state index is -0.154. The van der Waals surface area contributed by atoms with E-state index in [-0.39, 0.29) is 12.4 Å². The first kappa shape index (κ1) is 18.1. The number of nitrogens with zero attached hydrogens (tertiary/aromatic N) is 2. The predicted octanol–water partition coefficient (Wildman–Crippen LogP) is 2.70. The van der Waals surface area contributed by atoms with E-state index >= 15 is 0 Å². The maximum atomic E-state index is 12.9. The Morgan fingerprint density at radius 3 is 2.68 bits per heavy atom. The minimum Gasteiger partial charge on any atom is -0.454 e. The molecule has 0 radical (unpaired) electrons. The maximum absolute atomic E-state index is 12.9. The van der Waals surface area contributed by atoms with Crippen LogP contribution in [0.15, 0.2) is 53.3 Å². The number of hydrogen-bond donors (Lipinski definition) is 2. The van der Waals surface area contributed by atoms with Gasteiger partial charge in [-0.25, -0.2) is 4.68 Å². The molecule has 0 unspecified atom stereocenters. The number of ether oxygens (including phenoxy) is 2. The van der Waals surface area contributed by atoms with Crippen LogP contribution in [0.5, 0.6) is 11.5 Å². The van der Waals surface area contributed by atoms with Gasteiger partial charge in [0, 0.05) is 13.6 Å². The molecule has 144 valence electrons. The van der Waals surface area contributed by atoms with Gasteiger partial charge >= 0.3 is 0 Å². The van der Waals surface area contributed by atoms with Crippen LogP contribution in [-0.4, -0.2) is 21.3 Å². The number of nitrogens with one attached hydrogen (secondary N) is 2. The van der Waals surface area contributed by atoms with Crippen LogP contribution in [0.3, 0.4) is 0 Å². The van der Waals surface area contributed by atoms with Gasteiger partial charge in [-0.1, -0.05) is 24.3 Å². The lowest BCUT2D eigenvalue weighted by Crippen LogP contribution is -2.30. The summed E-state index contributed by atoms with van der Waals surface area (Å²) in [5.74, 6) is 1.47. The summed E-state index contributed by atoms with van der Waals surface area (Å²) < 4.78 is 14.1. The summed E-state index contributed by atoms with van der Waals surface area (Å²) in [5.41, 5.74) is 2.89. The normalized spacial score (nSPS) is 12.1. The van der Waals surface area contributed by atoms with Gasteiger partial charge in [-0.05, 0) is 49.0 Å². The second-order valence-electron chi connectivity index (χ2n) is 6.43. The van der Waals surface area contributed by atoms with E-state index in [0.29, 0.717) is 17.3 Å². The third-order valence-electron chi connectivity index (χ3n) is 4.68. The van der Waals surface area contributed by atoms with Gasteiger partial charge in [-0.2, -0.15) is 0 Å². The molecule has 0 fully saturated rings. The molecule has 2 heterocycles. The molecule has 0 spiro atoms. The fraction of sp³-hybridized carbons (Fsp3) is 0.200. The van der Waals surface area contributed by atoms with E-state index in [1.54, 1.807) is 9.36 Å². The number of rotatable bonds is 4. The molecule has 0 aliphatic carbocycles. The quantitative estimate of drug-likeness (QED) is 0.661. The van der Waals surface area contributed by atoms with Crippen LogP contribution < -0.4 is 25.7 Å². The van der Waals surface area contributed by atoms with Crippen molar-refractivity contribution in [1.82, 2.24) is 14.7 Å². The summed E-state index contributed by atoms with van der Waals surface area (Å²) in [6.07, 6.45) is 0. The Labute approximate surface area is 167 Å². The number of thiocarbonyl (C=S) groups is 1. The summed E-state index contributed by atoms with van der Waals surface area (Å²) >= 11 is 5.39. The first-order chi connectivity index (χ1) is 13.5. The van der Waals surface area contributed by atoms with Crippen molar-refractivity contribution in [3.63, 3.8) is 0 Å². The molecule has 1 aliphatic heterocycles. The first-order valence-electron chi connectivity index (χ1n) is 8.82. The molecule has 0 saturated carbocycles. The number of anilines is 1. The van der Waals surface area contributed by atoms with Crippen molar-refractivity contribution in [3.8, 4) is 17.2 Å². The molecule has 2 aromatic carbocycles. The average molecular weight is 396 g/mol. The van der Waals surface area contributed by atoms with Gasteiger partial charge in [0.2, 0.25) is 6.79 Å². The standard InChI is InChI=1S/C20H20N4O3S/c1-13-18(19(25)24(23(13)2)15-6-4-3-5-7-15)22-20(28)21-11-14-8-9-16-17(10-14)27-12-26-16/h3-10H,11-12H2,1-2H3,(H2,21,22,28). The minimum absolute atomic E-state index is 0.154. The van der Waals surface area contributed by atoms with Crippen molar-refractivity contribution >= 4 is 23.0 Å². The van der Waals surface area contributed by atoms with Gasteiger partial charge < -0.3 is 20.1 Å². The molecule has 28 heavy (non-hydrogen) atoms. The smallest absolute Gasteiger partial charge is 0.295 e. The third kappa shape index (κ3) is 3.34. The van der Waals surface area contributed by atoms with Crippen molar-refractivity contribution < 1.29 is 9.47 Å². The Morgan fingerprint density at radius 2 is 1.89 bits per heavy atom. The molecule has 1 aromatic heterocycles. The molecule has 3 aromatic rings. The zero-order valence-corrected chi connectivity index (χ0v) is 16.4. The molecule has 2 N–H and O–H groups in total. The van der Waals surface area contributed by atoms with Crippen LogP contribution in [-0.2, 0) is 13.6 Å². The highest BCUT2D eigenvalue weighted by Gasteiger charge is 2.17. The van der Waals surface area contributed by atoms with Crippen LogP contribution in [0.4, 0.5) is 5.69 Å². The van der Waals surface area contributed by atoms with Crippen molar-refractivity contribution in [2.45, 2.75) is 13.5 Å². The summed E-state index contributed by atoms with van der Waals surface area (Å²) in [7, 11) is 1.85. The fourth-order valence-electron chi connectivity index (χ4n) is 3.10. The van der Waals surface area contributed by atoms with Crippen LogP contribution >= 0.6 is 12.2 Å². The van der Waals surface area contributed by atoms with Crippen molar-refractivity contribution in [3.05, 3.63) is 70.1 Å². The predicted molar refractivity (Wildman–Crippen MR) is 111 cm³/mol. The summed E-state index contributed by atoms with van der Waals surface area (Å²) in [6, 6.07) is 15.2. The lowest BCUT2D eigenvalue weighted by atomic mass is 10.2. The molecular weight excluding hydrogens is 376 g/mol. The zero-order valence-electron chi connectivity index (χ0n) is 15.6. The van der Waals surface area contributed by atoms with Crippen LogP contribution in [0.1, 0.15) is 11.3 Å². The lowest BCUT2D eigenvalue weighted by Gasteiger charge is -2.10. The molecule has 7 nitrogen and oxygen atoms in total. The lowest BCUT2D eigenvalue weighted by molar-refractivity contribution is 0.174. The fourth-order valence-corrected chi connectivity index (χ4v) is 3.28. The van der Waals surface area contributed by atoms with Gasteiger partial charge in [-0.3, -0.25) is 9.48 Å². The number of para-hydroxylation sites is 1. The molecule has 8 heteroatoms. The van der Waals surface area contributed by atoms with Crippen molar-refractivity contribution in [2.24, 2.45) is 7.05 Å². The van der Waals surface area contributed by atoms with Gasteiger partial charge in [0.05, 0.1) is 11.4 Å². The Morgan fingerprint density at radius 1 is 1.14 bits per heavy atom. The molecule has 4 rings (SSSR count). The van der Waals surface area contributed by atoms with Gasteiger partial charge in [0.1, 0.15) is 5.69 Å². The Kier molecular flexibility index (Phi) is 4.79. The molecule has 0 amide bonds. The zero-order chi connectivity index (χ0) is 19.7. The van der Waals surface area contributed by atoms with Crippen molar-refractivity contribution in [2.75, 3.05) is 12.1 Å². The molecule has 0 atom stereocenters. The monoisotopic (exact) mass is 396 g/mol. The molecular formula is C20H20N4O3S.